The van der Waals surface area contributed by atoms with Crippen LogP contribution >= 0.6 is 0 Å². The highest BCUT2D eigenvalue weighted by atomic mass is 19.3. The number of halogens is 2. The predicted molar refractivity (Wildman–Crippen MR) is 262 cm³/mol. The number of anilines is 1. The van der Waals surface area contributed by atoms with E-state index in [1.807, 2.05) is 31.6 Å². The zero-order chi connectivity index (χ0) is 52.1. The van der Waals surface area contributed by atoms with Gasteiger partial charge < -0.3 is 50.5 Å². The van der Waals surface area contributed by atoms with Gasteiger partial charge in [0.05, 0.1) is 30.9 Å². The first-order chi connectivity index (χ1) is 33.4. The number of benzene rings is 1. The first-order valence-electron chi connectivity index (χ1n) is 24.1. The number of fused-ring (bicyclic) bond motifs is 1. The summed E-state index contributed by atoms with van der Waals surface area (Å²) in [4.78, 5) is 73.5. The van der Waals surface area contributed by atoms with E-state index < -0.39 is 57.5 Å². The van der Waals surface area contributed by atoms with Crippen molar-refractivity contribution < 1.29 is 47.1 Å². The van der Waals surface area contributed by atoms with Crippen LogP contribution in [0.1, 0.15) is 122 Å². The summed E-state index contributed by atoms with van der Waals surface area (Å²) < 4.78 is 47.9. The summed E-state index contributed by atoms with van der Waals surface area (Å²) >= 11 is 0. The Hall–Kier alpha value is -6.29. The van der Waals surface area contributed by atoms with Crippen LogP contribution in [0, 0.1) is 21.4 Å². The lowest BCUT2D eigenvalue weighted by atomic mass is 9.85. The Morgan fingerprint density at radius 1 is 0.972 bits per heavy atom. The molecule has 3 heterocycles. The third kappa shape index (κ3) is 16.9. The van der Waals surface area contributed by atoms with Crippen LogP contribution in [-0.2, 0) is 31.5 Å². The number of alkyl carbamates (subject to hydrolysis) is 1. The molecule has 3 aromatic heterocycles. The Labute approximate surface area is 413 Å². The normalized spacial score (nSPS) is 16.3. The van der Waals surface area contributed by atoms with Gasteiger partial charge in [-0.1, -0.05) is 31.8 Å². The Kier molecular flexibility index (Phi) is 19.4. The van der Waals surface area contributed by atoms with Gasteiger partial charge in [0, 0.05) is 57.4 Å². The van der Waals surface area contributed by atoms with Gasteiger partial charge in [-0.3, -0.25) is 19.1 Å². The molecule has 0 spiro atoms. The van der Waals surface area contributed by atoms with Gasteiger partial charge in [0.15, 0.2) is 0 Å². The van der Waals surface area contributed by atoms with Gasteiger partial charge >= 0.3 is 12.0 Å². The van der Waals surface area contributed by atoms with Crippen LogP contribution in [0.3, 0.4) is 0 Å². The Morgan fingerprint density at radius 2 is 1.69 bits per heavy atom. The number of amides is 4. The van der Waals surface area contributed by atoms with Crippen molar-refractivity contribution in [3.63, 3.8) is 0 Å². The fourth-order valence-corrected chi connectivity index (χ4v) is 8.42. The molecule has 71 heavy (non-hydrogen) atoms. The minimum absolute atomic E-state index is 0.109. The number of pyridine rings is 1. The van der Waals surface area contributed by atoms with Crippen molar-refractivity contribution in [3.05, 3.63) is 70.4 Å². The zero-order valence-corrected chi connectivity index (χ0v) is 42.4. The second-order valence-electron chi connectivity index (χ2n) is 20.3. The van der Waals surface area contributed by atoms with E-state index in [1.165, 1.54) is 42.3 Å². The van der Waals surface area contributed by atoms with Crippen molar-refractivity contribution in [2.24, 2.45) is 11.3 Å². The third-order valence-corrected chi connectivity index (χ3v) is 12.0. The van der Waals surface area contributed by atoms with E-state index in [4.69, 9.17) is 19.3 Å². The summed E-state index contributed by atoms with van der Waals surface area (Å²) in [5, 5.41) is 28.1. The minimum Gasteiger partial charge on any atom is -0.494 e. The molecular formula is C49H71F2N11O9. The first kappa shape index (κ1) is 55.6. The SMILES string of the molecule is COc1cc2nn(C3CCC(CN(C)CCCOCCCNC(=O)[C@@H](NC(=O)[C@H](CCCn4ccnc4[N+](=O)[O-])NC(=O)OC(C)(C)C)C(C)(C)C)CC3)cc2cc1NC(=O)c1cccc(C(C)(F)F)n1. The van der Waals surface area contributed by atoms with E-state index in [9.17, 15) is 38.1 Å². The van der Waals surface area contributed by atoms with Crippen molar-refractivity contribution in [2.75, 3.05) is 52.3 Å². The van der Waals surface area contributed by atoms with Crippen LogP contribution in [0.4, 0.5) is 25.2 Å². The summed E-state index contributed by atoms with van der Waals surface area (Å²) in [7, 11) is 3.61. The smallest absolute Gasteiger partial charge is 0.434 e. The maximum Gasteiger partial charge on any atom is 0.434 e. The zero-order valence-electron chi connectivity index (χ0n) is 42.4. The van der Waals surface area contributed by atoms with Gasteiger partial charge in [0.25, 0.3) is 11.8 Å². The summed E-state index contributed by atoms with van der Waals surface area (Å²) in [5.74, 6) is -4.18. The number of rotatable bonds is 24. The van der Waals surface area contributed by atoms with E-state index in [0.717, 1.165) is 57.5 Å². The molecule has 1 saturated carbocycles. The van der Waals surface area contributed by atoms with Crippen molar-refractivity contribution in [1.82, 2.24) is 45.2 Å². The predicted octanol–water partition coefficient (Wildman–Crippen LogP) is 7.39. The quantitative estimate of drug-likeness (QED) is 0.0305. The molecule has 22 heteroatoms. The maximum absolute atomic E-state index is 13.9. The van der Waals surface area contributed by atoms with Crippen molar-refractivity contribution in [3.8, 4) is 5.75 Å². The highest BCUT2D eigenvalue weighted by Gasteiger charge is 2.36. The molecule has 4 aromatic rings. The van der Waals surface area contributed by atoms with Crippen molar-refractivity contribution in [1.29, 1.82) is 0 Å². The van der Waals surface area contributed by atoms with Gasteiger partial charge in [0.2, 0.25) is 11.8 Å². The molecule has 1 fully saturated rings. The second kappa shape index (κ2) is 24.7. The highest BCUT2D eigenvalue weighted by molar-refractivity contribution is 6.05. The number of alkyl halides is 2. The molecule has 5 rings (SSSR count). The molecule has 20 nitrogen and oxygen atoms in total. The lowest BCUT2D eigenvalue weighted by molar-refractivity contribution is -0.396. The number of aromatic nitrogens is 5. The van der Waals surface area contributed by atoms with E-state index in [2.05, 4.69) is 43.2 Å². The maximum atomic E-state index is 13.9. The van der Waals surface area contributed by atoms with Crippen molar-refractivity contribution in [2.45, 2.75) is 136 Å². The van der Waals surface area contributed by atoms with Gasteiger partial charge in [-0.25, -0.2) is 14.3 Å². The number of nitrogens with one attached hydrogen (secondary N) is 4. The minimum atomic E-state index is -3.18. The van der Waals surface area contributed by atoms with Crippen LogP contribution in [-0.4, -0.2) is 123 Å². The lowest BCUT2D eigenvalue weighted by Crippen LogP contribution is -2.58. The molecule has 1 aromatic carbocycles. The highest BCUT2D eigenvalue weighted by Crippen LogP contribution is 2.36. The first-order valence-corrected chi connectivity index (χ1v) is 24.1. The molecule has 0 aliphatic heterocycles. The second-order valence-corrected chi connectivity index (χ2v) is 20.3. The van der Waals surface area contributed by atoms with Crippen LogP contribution in [0.15, 0.2) is 48.9 Å². The molecule has 4 amide bonds. The lowest BCUT2D eigenvalue weighted by Gasteiger charge is -2.32. The van der Waals surface area contributed by atoms with Gasteiger partial charge in [0.1, 0.15) is 47.2 Å². The number of hydrogen-bond acceptors (Lipinski definition) is 13. The molecule has 1 aliphatic rings. The number of imidazole rings is 1. The topological polar surface area (TPSA) is 239 Å². The number of ether oxygens (including phenoxy) is 3. The molecule has 0 saturated heterocycles. The molecular weight excluding hydrogens is 925 g/mol. The number of aryl methyl sites for hydroxylation is 1. The van der Waals surface area contributed by atoms with Crippen LogP contribution in [0.25, 0.3) is 10.9 Å². The summed E-state index contributed by atoms with van der Waals surface area (Å²) in [6.07, 6.45) is 9.77. The molecule has 1 aliphatic carbocycles. The van der Waals surface area contributed by atoms with Gasteiger partial charge in [-0.2, -0.15) is 13.9 Å². The number of nitrogens with zero attached hydrogens (tertiary/aromatic N) is 7. The van der Waals surface area contributed by atoms with Crippen molar-refractivity contribution >= 4 is 46.4 Å². The molecule has 4 N–H and O–H groups in total. The Morgan fingerprint density at radius 3 is 2.35 bits per heavy atom. The number of hydrogen-bond donors (Lipinski definition) is 4. The van der Waals surface area contributed by atoms with E-state index >= 15 is 0 Å². The number of carbonyl (C=O) groups is 4. The van der Waals surface area contributed by atoms with Crippen LogP contribution in [0.5, 0.6) is 5.75 Å². The number of nitro groups is 1. The average Bonchev–Trinajstić information content (AvgIpc) is 3.94. The van der Waals surface area contributed by atoms with E-state index in [-0.39, 0.29) is 43.0 Å². The van der Waals surface area contributed by atoms with Gasteiger partial charge in [-0.15, -0.1) is 0 Å². The summed E-state index contributed by atoms with van der Waals surface area (Å²) in [5.41, 5.74) is -1.04. The standard InChI is InChI=1S/C49H71F2N11O9/c1-47(2,3)41(57-43(64)36(56-46(66)71-48(4,5)6)15-11-24-60-25-22-53-45(60)62(67)68)44(65)52-21-12-26-70-27-13-23-59(8)30-32-17-19-34(20-18-32)61-31-33-28-38(39(69-9)29-37(33)58-61)55-42(63)35-14-10-16-40(54-35)49(7,50)51/h10,14,16,22,25,28-29,31-32,34,36,41H,11-13,15,17-21,23-24,26-27,30H2,1-9H3,(H,52,65)(H,55,63)(H,56,66)(H,57,64)/t32?,34?,36-,41+/m0/s1. The van der Waals surface area contributed by atoms with Crippen LogP contribution < -0.4 is 26.0 Å². The fourth-order valence-electron chi connectivity index (χ4n) is 8.42. The van der Waals surface area contributed by atoms with Gasteiger partial charge in [-0.05, 0) is 114 Å². The molecule has 2 atom stereocenters. The Bertz CT molecular complexity index is 2440. The Balaban J connectivity index is 1.00. The third-order valence-electron chi connectivity index (χ3n) is 12.0. The fraction of sp³-hybridized carbons (Fsp3) is 0.612. The summed E-state index contributed by atoms with van der Waals surface area (Å²) in [6, 6.07) is 5.65. The van der Waals surface area contributed by atoms with E-state index in [0.29, 0.717) is 49.1 Å². The molecule has 0 unspecified atom stereocenters. The summed E-state index contributed by atoms with van der Waals surface area (Å²) in [6.45, 7) is 14.6. The van der Waals surface area contributed by atoms with E-state index in [1.54, 1.807) is 32.9 Å². The molecule has 390 valence electrons. The number of methoxy groups -OCH3 is 1. The largest absolute Gasteiger partial charge is 0.494 e. The molecule has 0 radical (unpaired) electrons. The molecule has 0 bridgehead atoms. The number of carbonyl (C=O) groups excluding carboxylic acids is 4. The average molecular weight is 996 g/mol. The monoisotopic (exact) mass is 996 g/mol. The van der Waals surface area contributed by atoms with Crippen LogP contribution in [0.2, 0.25) is 0 Å².